The van der Waals surface area contributed by atoms with Crippen molar-refractivity contribution in [2.75, 3.05) is 13.0 Å². The lowest BCUT2D eigenvalue weighted by Crippen LogP contribution is -2.52. The normalized spacial score (nSPS) is 37.8. The number of halogens is 3. The Labute approximate surface area is 171 Å². The van der Waals surface area contributed by atoms with Crippen LogP contribution in [-0.2, 0) is 11.2 Å². The minimum atomic E-state index is -3.09. The molecule has 3 nitrogen and oxygen atoms in total. The molecule has 1 saturated carbocycles. The van der Waals surface area contributed by atoms with E-state index in [0.717, 1.165) is 6.42 Å². The fraction of sp³-hybridized carbons (Fsp3) is 0.611. The number of nitrogens with one attached hydrogen (secondary N) is 1. The molecule has 6 heteroatoms. The summed E-state index contributed by atoms with van der Waals surface area (Å²) in [5.74, 6) is -0.373. The third kappa shape index (κ3) is 5.01. The van der Waals surface area contributed by atoms with Crippen molar-refractivity contribution in [3.05, 3.63) is 33.8 Å². The van der Waals surface area contributed by atoms with Crippen LogP contribution in [0.5, 0.6) is 0 Å². The highest BCUT2D eigenvalue weighted by atomic mass is 35.5. The van der Waals surface area contributed by atoms with Crippen LogP contribution in [0, 0.1) is 0 Å². The van der Waals surface area contributed by atoms with Gasteiger partial charge >= 0.3 is 0 Å². The Hall–Kier alpha value is -0.480. The van der Waals surface area contributed by atoms with E-state index < -0.39 is 37.8 Å². The smallest absolute Gasteiger partial charge is 0.224 e. The average Bonchev–Trinajstić information content (AvgIpc) is 2.72. The van der Waals surface area contributed by atoms with Crippen molar-refractivity contribution < 1.29 is 15.8 Å². The van der Waals surface area contributed by atoms with Gasteiger partial charge in [-0.25, -0.2) is 0 Å². The molecular weight excluding hydrogens is 367 g/mol. The number of carbonyl (C=O) groups excluding carboxylic acids is 1. The Balaban J connectivity index is 0.00000363. The van der Waals surface area contributed by atoms with Gasteiger partial charge in [0.15, 0.2) is 0 Å². The molecule has 24 heavy (non-hydrogen) atoms. The van der Waals surface area contributed by atoms with Crippen molar-refractivity contribution in [1.29, 1.82) is 0 Å². The van der Waals surface area contributed by atoms with Crippen LogP contribution >= 0.6 is 35.6 Å². The number of benzene rings is 1. The molecule has 2 fully saturated rings. The standard InChI is InChI=1S/C18H24Cl2N2O.ClH/c19-14-8-7-13(11-15(14)20)12-18(23)21-16-5-1-2-6-17(16)22-9-3-4-10-22;/h7-8,11,16-17H,1-6,9-10,12H2,(H,21,23);1H/t16-,17-;/m1./s1/i3D2,4D2,9D2,10D2;. The van der Waals surface area contributed by atoms with Gasteiger partial charge in [-0.1, -0.05) is 42.1 Å². The maximum absolute atomic E-state index is 12.7. The van der Waals surface area contributed by atoms with Crippen molar-refractivity contribution in [1.82, 2.24) is 10.2 Å². The van der Waals surface area contributed by atoms with E-state index in [4.69, 9.17) is 34.2 Å². The molecule has 1 aromatic rings. The second-order valence-electron chi connectivity index (χ2n) is 5.79. The molecule has 0 bridgehead atoms. The SMILES string of the molecule is Cl.[2H]C1([2H])N([C@@H]2CCCC[C@H]2NC(=O)Cc2ccc(Cl)c(Cl)c2)C([2H])([2H])C([2H])([2H])C1([2H])[2H]. The van der Waals surface area contributed by atoms with Crippen molar-refractivity contribution in [2.45, 2.75) is 56.9 Å². The topological polar surface area (TPSA) is 32.3 Å². The van der Waals surface area contributed by atoms with Gasteiger partial charge in [-0.15, -0.1) is 12.4 Å². The van der Waals surface area contributed by atoms with Crippen LogP contribution in [0.3, 0.4) is 0 Å². The van der Waals surface area contributed by atoms with Crippen molar-refractivity contribution in [3.63, 3.8) is 0 Å². The minimum Gasteiger partial charge on any atom is -0.352 e. The van der Waals surface area contributed by atoms with Gasteiger partial charge in [-0.2, -0.15) is 0 Å². The molecule has 0 aromatic heterocycles. The van der Waals surface area contributed by atoms with Crippen LogP contribution in [0.2, 0.25) is 10.0 Å². The quantitative estimate of drug-likeness (QED) is 0.809. The lowest BCUT2D eigenvalue weighted by atomic mass is 9.89. The summed E-state index contributed by atoms with van der Waals surface area (Å²) in [5.41, 5.74) is 0.624. The van der Waals surface area contributed by atoms with E-state index in [2.05, 4.69) is 5.32 Å². The highest BCUT2D eigenvalue weighted by Crippen LogP contribution is 2.27. The molecule has 0 spiro atoms. The van der Waals surface area contributed by atoms with E-state index in [9.17, 15) is 4.79 Å². The van der Waals surface area contributed by atoms with Crippen molar-refractivity contribution in [3.8, 4) is 0 Å². The maximum atomic E-state index is 12.7. The van der Waals surface area contributed by atoms with Crippen LogP contribution in [0.25, 0.3) is 0 Å². The molecule has 0 radical (unpaired) electrons. The number of likely N-dealkylation sites (tertiary alicyclic amines) is 1. The van der Waals surface area contributed by atoms with E-state index >= 15 is 0 Å². The number of hydrogen-bond acceptors (Lipinski definition) is 2. The monoisotopic (exact) mass is 398 g/mol. The van der Waals surface area contributed by atoms with Gasteiger partial charge in [0.05, 0.1) is 16.5 Å². The van der Waals surface area contributed by atoms with Crippen LogP contribution in [0.4, 0.5) is 0 Å². The number of rotatable bonds is 4. The molecular formula is C18H25Cl3N2O. The molecule has 1 saturated heterocycles. The summed E-state index contributed by atoms with van der Waals surface area (Å²) in [6.45, 7) is -5.82. The van der Waals surface area contributed by atoms with E-state index in [1.807, 2.05) is 0 Å². The molecule has 1 N–H and O–H groups in total. The molecule has 134 valence electrons. The molecule has 1 aromatic carbocycles. The third-order valence-electron chi connectivity index (χ3n) is 4.17. The number of carbonyl (C=O) groups is 1. The lowest BCUT2D eigenvalue weighted by Gasteiger charge is -2.38. The van der Waals surface area contributed by atoms with E-state index in [-0.39, 0.29) is 24.7 Å². The summed E-state index contributed by atoms with van der Waals surface area (Å²) in [4.78, 5) is 13.3. The molecule has 0 unspecified atom stereocenters. The Kier molecular flexibility index (Phi) is 4.36. The number of amides is 1. The molecule has 2 atom stereocenters. The summed E-state index contributed by atoms with van der Waals surface area (Å²) in [5, 5.41) is 3.50. The number of nitrogens with zero attached hydrogens (tertiary/aromatic N) is 1. The molecule has 1 amide bonds. The Bertz CT molecular complexity index is 845. The first-order valence-corrected chi connectivity index (χ1v) is 8.43. The molecule has 1 aliphatic heterocycles. The van der Waals surface area contributed by atoms with Gasteiger partial charge in [0.25, 0.3) is 0 Å². The fourth-order valence-corrected chi connectivity index (χ4v) is 3.37. The summed E-state index contributed by atoms with van der Waals surface area (Å²) >= 11 is 11.9. The molecule has 2 aliphatic rings. The average molecular weight is 400 g/mol. The maximum Gasteiger partial charge on any atom is 0.224 e. The Morgan fingerprint density at radius 3 is 2.62 bits per heavy atom. The van der Waals surface area contributed by atoms with Crippen molar-refractivity contribution in [2.24, 2.45) is 0 Å². The highest BCUT2D eigenvalue weighted by Gasteiger charge is 2.32. The van der Waals surface area contributed by atoms with Gasteiger partial charge < -0.3 is 5.32 Å². The van der Waals surface area contributed by atoms with Crippen molar-refractivity contribution >= 4 is 41.5 Å². The summed E-state index contributed by atoms with van der Waals surface area (Å²) < 4.78 is 65.2. The minimum absolute atomic E-state index is 0. The van der Waals surface area contributed by atoms with Crippen LogP contribution < -0.4 is 5.32 Å². The van der Waals surface area contributed by atoms with Gasteiger partial charge in [0, 0.05) is 23.0 Å². The second kappa shape index (κ2) is 9.28. The van der Waals surface area contributed by atoms with Gasteiger partial charge in [-0.05, 0) is 56.3 Å². The lowest BCUT2D eigenvalue weighted by molar-refractivity contribution is -0.121. The zero-order valence-electron chi connectivity index (χ0n) is 20.9. The summed E-state index contributed by atoms with van der Waals surface area (Å²) in [6.07, 6.45) is -4.06. The van der Waals surface area contributed by atoms with Gasteiger partial charge in [0.2, 0.25) is 5.91 Å². The zero-order chi connectivity index (χ0) is 23.4. The van der Waals surface area contributed by atoms with Crippen LogP contribution in [0.1, 0.15) is 55.0 Å². The first kappa shape index (κ1) is 11.3. The van der Waals surface area contributed by atoms with E-state index in [1.165, 1.54) is 0 Å². The summed E-state index contributed by atoms with van der Waals surface area (Å²) in [6, 6.07) is 3.26. The van der Waals surface area contributed by atoms with Gasteiger partial charge in [0.1, 0.15) is 0 Å². The Morgan fingerprint density at radius 1 is 1.21 bits per heavy atom. The first-order chi connectivity index (χ1) is 14.1. The fourth-order valence-electron chi connectivity index (χ4n) is 3.05. The molecule has 1 aliphatic carbocycles. The van der Waals surface area contributed by atoms with E-state index in [1.54, 1.807) is 18.2 Å². The zero-order valence-corrected chi connectivity index (χ0v) is 15.3. The predicted molar refractivity (Wildman–Crippen MR) is 102 cm³/mol. The Morgan fingerprint density at radius 2 is 1.92 bits per heavy atom. The second-order valence-corrected chi connectivity index (χ2v) is 6.61. The molecule has 1 heterocycles. The third-order valence-corrected chi connectivity index (χ3v) is 4.91. The van der Waals surface area contributed by atoms with E-state index in [0.29, 0.717) is 39.8 Å². The number of hydrogen-bond donors (Lipinski definition) is 1. The van der Waals surface area contributed by atoms with Crippen LogP contribution in [0.15, 0.2) is 18.2 Å². The summed E-state index contributed by atoms with van der Waals surface area (Å²) in [7, 11) is 0. The molecule has 3 rings (SSSR count). The van der Waals surface area contributed by atoms with Crippen LogP contribution in [-0.4, -0.2) is 35.9 Å². The highest BCUT2D eigenvalue weighted by molar-refractivity contribution is 6.42. The predicted octanol–water partition coefficient (Wildman–Crippen LogP) is 4.48. The largest absolute Gasteiger partial charge is 0.352 e. The first-order valence-electron chi connectivity index (χ1n) is 11.7. The van der Waals surface area contributed by atoms with Gasteiger partial charge in [-0.3, -0.25) is 9.69 Å².